The Morgan fingerprint density at radius 1 is 1.26 bits per heavy atom. The van der Waals surface area contributed by atoms with Crippen LogP contribution in [-0.4, -0.2) is 20.9 Å². The van der Waals surface area contributed by atoms with Crippen molar-refractivity contribution < 1.29 is 4.79 Å². The van der Waals surface area contributed by atoms with Gasteiger partial charge in [0.2, 0.25) is 0 Å². The van der Waals surface area contributed by atoms with Crippen molar-refractivity contribution in [2.24, 2.45) is 0 Å². The molecule has 3 rings (SSSR count). The molecule has 3 aromatic rings. The Hall–Kier alpha value is -2.56. The molecule has 19 heavy (non-hydrogen) atoms. The molecule has 1 unspecified atom stereocenters. The third-order valence-electron chi connectivity index (χ3n) is 3.12. The topological polar surface area (TPSA) is 73.6 Å². The summed E-state index contributed by atoms with van der Waals surface area (Å²) in [6.07, 6.45) is 5.24. The lowest BCUT2D eigenvalue weighted by molar-refractivity contribution is 0.0940. The van der Waals surface area contributed by atoms with Crippen molar-refractivity contribution in [3.05, 3.63) is 54.2 Å². The van der Waals surface area contributed by atoms with Gasteiger partial charge >= 0.3 is 0 Å². The zero-order valence-electron chi connectivity index (χ0n) is 10.5. The first-order valence-corrected chi connectivity index (χ1v) is 6.12. The number of H-pyrrole nitrogens is 2. The van der Waals surface area contributed by atoms with Crippen LogP contribution in [-0.2, 0) is 0 Å². The first-order valence-electron chi connectivity index (χ1n) is 6.12. The molecule has 0 bridgehead atoms. The Morgan fingerprint density at radius 3 is 2.95 bits per heavy atom. The Morgan fingerprint density at radius 2 is 2.16 bits per heavy atom. The van der Waals surface area contributed by atoms with Crippen LogP contribution in [0.15, 0.2) is 42.9 Å². The Kier molecular flexibility index (Phi) is 2.79. The van der Waals surface area contributed by atoms with Gasteiger partial charge in [0.1, 0.15) is 5.82 Å². The molecular weight excluding hydrogens is 240 g/mol. The van der Waals surface area contributed by atoms with Crippen LogP contribution in [0.5, 0.6) is 0 Å². The number of aromatic amines is 2. The summed E-state index contributed by atoms with van der Waals surface area (Å²) in [5.41, 5.74) is 1.62. The van der Waals surface area contributed by atoms with Gasteiger partial charge in [0.15, 0.2) is 0 Å². The van der Waals surface area contributed by atoms with E-state index in [9.17, 15) is 4.79 Å². The average Bonchev–Trinajstić information content (AvgIpc) is 3.08. The van der Waals surface area contributed by atoms with E-state index in [2.05, 4.69) is 20.3 Å². The molecule has 2 heterocycles. The van der Waals surface area contributed by atoms with Crippen molar-refractivity contribution in [1.82, 2.24) is 20.3 Å². The molecule has 0 spiro atoms. The molecule has 0 radical (unpaired) electrons. The van der Waals surface area contributed by atoms with Gasteiger partial charge in [-0.15, -0.1) is 0 Å². The number of nitrogens with zero attached hydrogens (tertiary/aromatic N) is 1. The molecule has 0 aliphatic carbocycles. The highest BCUT2D eigenvalue weighted by Gasteiger charge is 2.15. The van der Waals surface area contributed by atoms with E-state index < -0.39 is 0 Å². The lowest BCUT2D eigenvalue weighted by atomic mass is 10.1. The second-order valence-corrected chi connectivity index (χ2v) is 4.41. The molecule has 1 aromatic carbocycles. The van der Waals surface area contributed by atoms with Crippen molar-refractivity contribution in [2.45, 2.75) is 13.0 Å². The normalized spacial score (nSPS) is 12.5. The van der Waals surface area contributed by atoms with Gasteiger partial charge in [0, 0.05) is 35.1 Å². The van der Waals surface area contributed by atoms with Crippen LogP contribution < -0.4 is 5.32 Å². The fraction of sp³-hybridized carbons (Fsp3) is 0.143. The van der Waals surface area contributed by atoms with Crippen LogP contribution in [0, 0.1) is 0 Å². The Balaban J connectivity index is 1.86. The molecule has 1 amide bonds. The third kappa shape index (κ3) is 2.10. The number of hydrogen-bond acceptors (Lipinski definition) is 2. The molecule has 0 saturated heterocycles. The lowest BCUT2D eigenvalue weighted by Gasteiger charge is -2.12. The van der Waals surface area contributed by atoms with E-state index in [1.165, 1.54) is 0 Å². The summed E-state index contributed by atoms with van der Waals surface area (Å²) >= 11 is 0. The maximum Gasteiger partial charge on any atom is 0.252 e. The van der Waals surface area contributed by atoms with Crippen LogP contribution in [0.4, 0.5) is 0 Å². The maximum absolute atomic E-state index is 12.3. The standard InChI is InChI=1S/C14H14N4O/c1-9(13-16-7-8-17-13)18-14(19)11-3-2-4-12-10(11)5-6-15-12/h2-9,15H,1H3,(H,16,17)(H,18,19). The van der Waals surface area contributed by atoms with E-state index in [1.807, 2.05) is 37.4 Å². The minimum absolute atomic E-state index is 0.103. The van der Waals surface area contributed by atoms with Gasteiger partial charge in [-0.2, -0.15) is 0 Å². The SMILES string of the molecule is CC(NC(=O)c1cccc2[nH]ccc12)c1ncc[nH]1. The molecule has 1 atom stereocenters. The fourth-order valence-electron chi connectivity index (χ4n) is 2.14. The summed E-state index contributed by atoms with van der Waals surface area (Å²) < 4.78 is 0. The zero-order chi connectivity index (χ0) is 13.2. The van der Waals surface area contributed by atoms with Crippen LogP contribution in [0.1, 0.15) is 29.1 Å². The quantitative estimate of drug-likeness (QED) is 0.671. The fourth-order valence-corrected chi connectivity index (χ4v) is 2.14. The summed E-state index contributed by atoms with van der Waals surface area (Å²) in [6, 6.07) is 7.38. The number of benzene rings is 1. The van der Waals surface area contributed by atoms with Gasteiger partial charge in [0.05, 0.1) is 6.04 Å². The van der Waals surface area contributed by atoms with Gasteiger partial charge < -0.3 is 15.3 Å². The van der Waals surface area contributed by atoms with Crippen molar-refractivity contribution in [1.29, 1.82) is 0 Å². The molecule has 2 aromatic heterocycles. The van der Waals surface area contributed by atoms with Gasteiger partial charge in [-0.05, 0) is 25.1 Å². The first-order chi connectivity index (χ1) is 9.25. The van der Waals surface area contributed by atoms with E-state index in [0.717, 1.165) is 16.7 Å². The molecule has 0 aliphatic rings. The molecule has 96 valence electrons. The highest BCUT2D eigenvalue weighted by atomic mass is 16.1. The van der Waals surface area contributed by atoms with Gasteiger partial charge in [-0.1, -0.05) is 6.07 Å². The Bertz CT molecular complexity index is 699. The number of hydrogen-bond donors (Lipinski definition) is 3. The summed E-state index contributed by atoms with van der Waals surface area (Å²) in [7, 11) is 0. The molecular formula is C14H14N4O. The van der Waals surface area contributed by atoms with E-state index in [0.29, 0.717) is 5.56 Å². The van der Waals surface area contributed by atoms with Crippen molar-refractivity contribution in [2.75, 3.05) is 0 Å². The monoisotopic (exact) mass is 254 g/mol. The first kappa shape index (κ1) is 11.5. The third-order valence-corrected chi connectivity index (χ3v) is 3.12. The molecule has 0 saturated carbocycles. The molecule has 5 heteroatoms. The molecule has 3 N–H and O–H groups in total. The van der Waals surface area contributed by atoms with E-state index in [1.54, 1.807) is 12.4 Å². The number of fused-ring (bicyclic) bond motifs is 1. The second-order valence-electron chi connectivity index (χ2n) is 4.41. The largest absolute Gasteiger partial charge is 0.361 e. The molecule has 0 aliphatic heterocycles. The summed E-state index contributed by atoms with van der Waals surface area (Å²) in [4.78, 5) is 22.5. The predicted molar refractivity (Wildman–Crippen MR) is 72.8 cm³/mol. The second kappa shape index (κ2) is 4.61. The Labute approximate surface area is 110 Å². The average molecular weight is 254 g/mol. The number of aromatic nitrogens is 3. The van der Waals surface area contributed by atoms with Gasteiger partial charge in [-0.3, -0.25) is 4.79 Å². The number of carbonyl (C=O) groups excluding carboxylic acids is 1. The van der Waals surface area contributed by atoms with Crippen LogP contribution in [0.2, 0.25) is 0 Å². The summed E-state index contributed by atoms with van der Waals surface area (Å²) in [6.45, 7) is 1.90. The number of carbonyl (C=O) groups is 1. The van der Waals surface area contributed by atoms with Crippen LogP contribution in [0.25, 0.3) is 10.9 Å². The van der Waals surface area contributed by atoms with Crippen molar-refractivity contribution in [3.8, 4) is 0 Å². The predicted octanol–water partition coefficient (Wildman–Crippen LogP) is 2.38. The number of rotatable bonds is 3. The number of imidazole rings is 1. The van der Waals surface area contributed by atoms with E-state index in [4.69, 9.17) is 0 Å². The van der Waals surface area contributed by atoms with Crippen LogP contribution >= 0.6 is 0 Å². The molecule has 5 nitrogen and oxygen atoms in total. The summed E-state index contributed by atoms with van der Waals surface area (Å²) in [5, 5.41) is 3.86. The highest BCUT2D eigenvalue weighted by molar-refractivity contribution is 6.06. The van der Waals surface area contributed by atoms with Crippen LogP contribution in [0.3, 0.4) is 0 Å². The number of amides is 1. The minimum atomic E-state index is -0.156. The summed E-state index contributed by atoms with van der Waals surface area (Å²) in [5.74, 6) is 0.642. The lowest BCUT2D eigenvalue weighted by Crippen LogP contribution is -2.27. The minimum Gasteiger partial charge on any atom is -0.361 e. The van der Waals surface area contributed by atoms with E-state index in [-0.39, 0.29) is 11.9 Å². The smallest absolute Gasteiger partial charge is 0.252 e. The van der Waals surface area contributed by atoms with Crippen molar-refractivity contribution in [3.63, 3.8) is 0 Å². The van der Waals surface area contributed by atoms with Gasteiger partial charge in [0.25, 0.3) is 5.91 Å². The maximum atomic E-state index is 12.3. The number of nitrogens with one attached hydrogen (secondary N) is 3. The zero-order valence-corrected chi connectivity index (χ0v) is 10.5. The van der Waals surface area contributed by atoms with E-state index >= 15 is 0 Å². The van der Waals surface area contributed by atoms with Gasteiger partial charge in [-0.25, -0.2) is 4.98 Å². The highest BCUT2D eigenvalue weighted by Crippen LogP contribution is 2.18. The molecule has 0 fully saturated rings. The van der Waals surface area contributed by atoms with Crippen molar-refractivity contribution >= 4 is 16.8 Å².